The fourth-order valence-electron chi connectivity index (χ4n) is 2.79. The minimum Gasteiger partial charge on any atom is -0.316 e. The van der Waals surface area contributed by atoms with Crippen molar-refractivity contribution in [2.24, 2.45) is 0 Å². The number of nitrogens with zero attached hydrogens (tertiary/aromatic N) is 2. The van der Waals surface area contributed by atoms with E-state index in [9.17, 15) is 0 Å². The van der Waals surface area contributed by atoms with E-state index in [0.29, 0.717) is 0 Å². The van der Waals surface area contributed by atoms with Crippen molar-refractivity contribution in [3.63, 3.8) is 0 Å². The summed E-state index contributed by atoms with van der Waals surface area (Å²) in [6.07, 6.45) is 10.1. The topological polar surface area (TPSA) is 16.1 Å². The average Bonchev–Trinajstić information content (AvgIpc) is 2.56. The summed E-state index contributed by atoms with van der Waals surface area (Å²) >= 11 is 0. The number of pyridine rings is 1. The molecule has 3 rings (SSSR count). The van der Waals surface area contributed by atoms with Crippen molar-refractivity contribution < 1.29 is 0 Å². The lowest BCUT2D eigenvalue weighted by molar-refractivity contribution is 0.669. The first kappa shape index (κ1) is 15.0. The molecule has 1 aromatic carbocycles. The molecule has 0 aliphatic carbocycles. The summed E-state index contributed by atoms with van der Waals surface area (Å²) in [4.78, 5) is 6.94. The zero-order valence-corrected chi connectivity index (χ0v) is 13.6. The van der Waals surface area contributed by atoms with Crippen LogP contribution in [0.1, 0.15) is 25.1 Å². The third-order valence-electron chi connectivity index (χ3n) is 3.96. The van der Waals surface area contributed by atoms with Crippen LogP contribution in [0.4, 0.5) is 0 Å². The number of benzene rings is 1. The van der Waals surface area contributed by atoms with Gasteiger partial charge in [0.15, 0.2) is 0 Å². The van der Waals surface area contributed by atoms with Gasteiger partial charge in [-0.3, -0.25) is 0 Å². The van der Waals surface area contributed by atoms with Crippen molar-refractivity contribution in [2.45, 2.75) is 13.8 Å². The van der Waals surface area contributed by atoms with Crippen LogP contribution in [0.3, 0.4) is 0 Å². The Morgan fingerprint density at radius 1 is 1.22 bits per heavy atom. The molecule has 0 N–H and O–H groups in total. The van der Waals surface area contributed by atoms with Gasteiger partial charge in [0, 0.05) is 22.8 Å². The SMILES string of the molecule is C=Cc1cccc2ccc(/C(=C/C)N3C=CC(C)=CC3=C)nc12. The van der Waals surface area contributed by atoms with Gasteiger partial charge in [0.2, 0.25) is 0 Å². The van der Waals surface area contributed by atoms with Gasteiger partial charge in [-0.05, 0) is 37.6 Å². The van der Waals surface area contributed by atoms with E-state index in [0.717, 1.165) is 33.6 Å². The molecule has 0 spiro atoms. The smallest absolute Gasteiger partial charge is 0.0874 e. The molecule has 2 nitrogen and oxygen atoms in total. The Morgan fingerprint density at radius 2 is 2.04 bits per heavy atom. The maximum absolute atomic E-state index is 4.87. The van der Waals surface area contributed by atoms with E-state index >= 15 is 0 Å². The molecule has 2 aromatic rings. The van der Waals surface area contributed by atoms with E-state index in [4.69, 9.17) is 4.98 Å². The minimum atomic E-state index is 0.924. The second-order valence-electron chi connectivity index (χ2n) is 5.56. The van der Waals surface area contributed by atoms with Crippen LogP contribution in [0, 0.1) is 0 Å². The molecular formula is C21H20N2. The van der Waals surface area contributed by atoms with Gasteiger partial charge in [0.1, 0.15) is 0 Å². The van der Waals surface area contributed by atoms with E-state index in [1.54, 1.807) is 0 Å². The Bertz CT molecular complexity index is 882. The Morgan fingerprint density at radius 3 is 2.74 bits per heavy atom. The molecule has 0 unspecified atom stereocenters. The maximum atomic E-state index is 4.87. The van der Waals surface area contributed by atoms with Crippen molar-refractivity contribution in [1.29, 1.82) is 0 Å². The lowest BCUT2D eigenvalue weighted by Gasteiger charge is -2.26. The van der Waals surface area contributed by atoms with Gasteiger partial charge in [0.25, 0.3) is 0 Å². The molecule has 1 aliphatic rings. The van der Waals surface area contributed by atoms with Crippen LogP contribution in [0.2, 0.25) is 0 Å². The third-order valence-corrected chi connectivity index (χ3v) is 3.96. The molecule has 2 heterocycles. The number of rotatable bonds is 3. The number of hydrogen-bond donors (Lipinski definition) is 0. The van der Waals surface area contributed by atoms with Crippen LogP contribution >= 0.6 is 0 Å². The molecule has 0 atom stereocenters. The predicted molar refractivity (Wildman–Crippen MR) is 99.4 cm³/mol. The van der Waals surface area contributed by atoms with Crippen molar-refractivity contribution in [3.8, 4) is 0 Å². The Kier molecular flexibility index (Phi) is 3.98. The van der Waals surface area contributed by atoms with Crippen molar-refractivity contribution >= 4 is 22.7 Å². The first-order valence-corrected chi connectivity index (χ1v) is 7.67. The van der Waals surface area contributed by atoms with Crippen molar-refractivity contribution in [2.75, 3.05) is 0 Å². The van der Waals surface area contributed by atoms with Gasteiger partial charge >= 0.3 is 0 Å². The van der Waals surface area contributed by atoms with Crippen LogP contribution in [0.15, 0.2) is 79.2 Å². The second kappa shape index (κ2) is 6.09. The molecule has 1 aromatic heterocycles. The number of para-hydroxylation sites is 1. The summed E-state index contributed by atoms with van der Waals surface area (Å²) in [6, 6.07) is 10.3. The summed E-state index contributed by atoms with van der Waals surface area (Å²) in [7, 11) is 0. The monoisotopic (exact) mass is 300 g/mol. The fraction of sp³-hybridized carbons (Fsp3) is 0.0952. The van der Waals surface area contributed by atoms with E-state index < -0.39 is 0 Å². The second-order valence-corrected chi connectivity index (χ2v) is 5.56. The Hall–Kier alpha value is -2.87. The largest absolute Gasteiger partial charge is 0.316 e. The van der Waals surface area contributed by atoms with Gasteiger partial charge in [-0.15, -0.1) is 0 Å². The zero-order chi connectivity index (χ0) is 16.4. The molecule has 1 aliphatic heterocycles. The normalized spacial score (nSPS) is 15.0. The molecule has 0 radical (unpaired) electrons. The van der Waals surface area contributed by atoms with Gasteiger partial charge in [0.05, 0.1) is 16.9 Å². The quantitative estimate of drug-likeness (QED) is 0.741. The lowest BCUT2D eigenvalue weighted by Crippen LogP contribution is -2.16. The Labute approximate surface area is 137 Å². The number of hydrogen-bond acceptors (Lipinski definition) is 2. The summed E-state index contributed by atoms with van der Waals surface area (Å²) in [5, 5.41) is 1.12. The maximum Gasteiger partial charge on any atom is 0.0874 e. The molecule has 0 bridgehead atoms. The lowest BCUT2D eigenvalue weighted by atomic mass is 10.1. The first-order valence-electron chi connectivity index (χ1n) is 7.67. The predicted octanol–water partition coefficient (Wildman–Crippen LogP) is 5.53. The summed E-state index contributed by atoms with van der Waals surface area (Å²) < 4.78 is 0. The highest BCUT2D eigenvalue weighted by Gasteiger charge is 2.15. The van der Waals surface area contributed by atoms with Crippen LogP contribution < -0.4 is 0 Å². The zero-order valence-electron chi connectivity index (χ0n) is 13.6. The average molecular weight is 300 g/mol. The van der Waals surface area contributed by atoms with Crippen LogP contribution in [-0.2, 0) is 0 Å². The molecule has 23 heavy (non-hydrogen) atoms. The molecular weight excluding hydrogens is 280 g/mol. The van der Waals surface area contributed by atoms with E-state index in [-0.39, 0.29) is 0 Å². The highest BCUT2D eigenvalue weighted by atomic mass is 15.1. The molecule has 0 fully saturated rings. The number of aromatic nitrogens is 1. The molecule has 2 heteroatoms. The standard InChI is InChI=1S/C21H20N2/c1-5-17-8-7-9-18-10-11-19(22-21(17)18)20(6-2)23-13-12-15(3)14-16(23)4/h5-14H,1,4H2,2-3H3/b20-6-. The van der Waals surface area contributed by atoms with E-state index in [2.05, 4.69) is 61.4 Å². The third kappa shape index (κ3) is 2.76. The number of fused-ring (bicyclic) bond motifs is 1. The first-order chi connectivity index (χ1) is 11.1. The summed E-state index contributed by atoms with van der Waals surface area (Å²) in [6.45, 7) is 12.1. The fourth-order valence-corrected chi connectivity index (χ4v) is 2.79. The minimum absolute atomic E-state index is 0.924. The van der Waals surface area contributed by atoms with Crippen LogP contribution in [0.25, 0.3) is 22.7 Å². The molecule has 114 valence electrons. The van der Waals surface area contributed by atoms with Gasteiger partial charge in [-0.1, -0.05) is 49.6 Å². The van der Waals surface area contributed by atoms with Gasteiger partial charge in [-0.25, -0.2) is 4.98 Å². The van der Waals surface area contributed by atoms with Crippen LogP contribution in [0.5, 0.6) is 0 Å². The summed E-state index contributed by atoms with van der Waals surface area (Å²) in [5.41, 5.74) is 6.10. The van der Waals surface area contributed by atoms with Crippen LogP contribution in [-0.4, -0.2) is 9.88 Å². The molecule has 0 saturated carbocycles. The molecule has 0 amide bonds. The molecule has 0 saturated heterocycles. The van der Waals surface area contributed by atoms with Gasteiger partial charge < -0.3 is 4.90 Å². The van der Waals surface area contributed by atoms with E-state index in [1.165, 1.54) is 5.57 Å². The number of allylic oxidation sites excluding steroid dienone is 4. The van der Waals surface area contributed by atoms with Crippen molar-refractivity contribution in [1.82, 2.24) is 9.88 Å². The van der Waals surface area contributed by atoms with Gasteiger partial charge in [-0.2, -0.15) is 0 Å². The Balaban J connectivity index is 2.10. The highest BCUT2D eigenvalue weighted by Crippen LogP contribution is 2.28. The van der Waals surface area contributed by atoms with Crippen molar-refractivity contribution in [3.05, 3.63) is 90.4 Å². The highest BCUT2D eigenvalue weighted by molar-refractivity contribution is 5.88. The summed E-state index contributed by atoms with van der Waals surface area (Å²) in [5.74, 6) is 0. The van der Waals surface area contributed by atoms with E-state index in [1.807, 2.05) is 31.3 Å².